The van der Waals surface area contributed by atoms with Crippen molar-refractivity contribution in [3.63, 3.8) is 0 Å². The fraction of sp³-hybridized carbons (Fsp3) is 0.636. The molecule has 1 saturated heterocycles. The number of nitrogens with one attached hydrogen (secondary N) is 2. The van der Waals surface area contributed by atoms with E-state index >= 15 is 0 Å². The second-order valence-electron chi connectivity index (χ2n) is 4.74. The minimum absolute atomic E-state index is 0.0979. The van der Waals surface area contributed by atoms with Crippen LogP contribution in [0.3, 0.4) is 0 Å². The maximum atomic E-state index is 12.4. The number of aromatic nitrogens is 2. The highest BCUT2D eigenvalue weighted by Crippen LogP contribution is 2.27. The predicted octanol–water partition coefficient (Wildman–Crippen LogP) is 0.684. The lowest BCUT2D eigenvalue weighted by Gasteiger charge is -2.12. The van der Waals surface area contributed by atoms with Crippen LogP contribution in [0.25, 0.3) is 0 Å². The second-order valence-corrected chi connectivity index (χ2v) is 6.97. The first kappa shape index (κ1) is 16.0. The average Bonchev–Trinajstić information content (AvgIpc) is 2.74. The van der Waals surface area contributed by atoms with Crippen molar-refractivity contribution < 1.29 is 21.6 Å². The van der Waals surface area contributed by atoms with Crippen LogP contribution in [0.4, 0.5) is 19.1 Å². The summed E-state index contributed by atoms with van der Waals surface area (Å²) in [4.78, 5) is 7.06. The van der Waals surface area contributed by atoms with Gasteiger partial charge in [0.05, 0.1) is 11.5 Å². The van der Waals surface area contributed by atoms with E-state index in [1.165, 1.54) is 0 Å². The van der Waals surface area contributed by atoms with E-state index in [1.807, 2.05) is 0 Å². The van der Waals surface area contributed by atoms with Gasteiger partial charge in [0.15, 0.2) is 9.84 Å². The molecule has 1 aliphatic rings. The quantitative estimate of drug-likeness (QED) is 0.775. The van der Waals surface area contributed by atoms with Gasteiger partial charge < -0.3 is 10.6 Å². The molecule has 21 heavy (non-hydrogen) atoms. The highest BCUT2D eigenvalue weighted by Gasteiger charge is 2.32. The van der Waals surface area contributed by atoms with Crippen molar-refractivity contribution in [3.05, 3.63) is 18.0 Å². The highest BCUT2D eigenvalue weighted by molar-refractivity contribution is 7.91. The molecular formula is C11H15F3N4O2S. The zero-order chi connectivity index (χ0) is 15.5. The molecule has 1 atom stereocenters. The first-order valence-corrected chi connectivity index (χ1v) is 8.16. The Morgan fingerprint density at radius 2 is 2.10 bits per heavy atom. The SMILES string of the molecule is O=S1(=O)CC[C@H](NCCNc2nccc(C(F)(F)F)n2)C1. The number of hydrogen-bond donors (Lipinski definition) is 2. The molecule has 0 aromatic carbocycles. The minimum Gasteiger partial charge on any atom is -0.353 e. The molecule has 10 heteroatoms. The molecular weight excluding hydrogens is 309 g/mol. The monoisotopic (exact) mass is 324 g/mol. The van der Waals surface area contributed by atoms with E-state index < -0.39 is 21.7 Å². The van der Waals surface area contributed by atoms with Gasteiger partial charge in [-0.25, -0.2) is 18.4 Å². The highest BCUT2D eigenvalue weighted by atomic mass is 32.2. The van der Waals surface area contributed by atoms with E-state index in [0.717, 1.165) is 12.3 Å². The molecule has 1 fully saturated rings. The fourth-order valence-electron chi connectivity index (χ4n) is 2.01. The Morgan fingerprint density at radius 3 is 2.71 bits per heavy atom. The molecule has 118 valence electrons. The zero-order valence-electron chi connectivity index (χ0n) is 11.0. The van der Waals surface area contributed by atoms with Crippen molar-refractivity contribution in [2.24, 2.45) is 0 Å². The van der Waals surface area contributed by atoms with Crippen LogP contribution in [-0.2, 0) is 16.0 Å². The first-order chi connectivity index (χ1) is 9.76. The Morgan fingerprint density at radius 1 is 1.33 bits per heavy atom. The Kier molecular flexibility index (Phi) is 4.67. The van der Waals surface area contributed by atoms with Crippen molar-refractivity contribution in [3.8, 4) is 0 Å². The van der Waals surface area contributed by atoms with Crippen molar-refractivity contribution in [1.82, 2.24) is 15.3 Å². The van der Waals surface area contributed by atoms with Gasteiger partial charge in [0.2, 0.25) is 5.95 Å². The van der Waals surface area contributed by atoms with Crippen LogP contribution in [0, 0.1) is 0 Å². The van der Waals surface area contributed by atoms with E-state index in [9.17, 15) is 21.6 Å². The lowest BCUT2D eigenvalue weighted by Crippen LogP contribution is -2.34. The Balaban J connectivity index is 1.77. The largest absolute Gasteiger partial charge is 0.433 e. The van der Waals surface area contributed by atoms with Gasteiger partial charge in [-0.2, -0.15) is 13.2 Å². The lowest BCUT2D eigenvalue weighted by atomic mass is 10.3. The van der Waals surface area contributed by atoms with Crippen LogP contribution < -0.4 is 10.6 Å². The van der Waals surface area contributed by atoms with E-state index in [-0.39, 0.29) is 23.5 Å². The van der Waals surface area contributed by atoms with Crippen LogP contribution in [-0.4, -0.2) is 49.0 Å². The summed E-state index contributed by atoms with van der Waals surface area (Å²) in [5.74, 6) is 0.174. The molecule has 0 aliphatic carbocycles. The molecule has 2 N–H and O–H groups in total. The molecule has 2 heterocycles. The number of halogens is 3. The van der Waals surface area contributed by atoms with Gasteiger partial charge in [-0.05, 0) is 12.5 Å². The van der Waals surface area contributed by atoms with Gasteiger partial charge in [0.1, 0.15) is 5.69 Å². The third kappa shape index (κ3) is 4.81. The summed E-state index contributed by atoms with van der Waals surface area (Å²) < 4.78 is 59.8. The molecule has 1 aliphatic heterocycles. The summed E-state index contributed by atoms with van der Waals surface area (Å²) in [6.07, 6.45) is -2.91. The van der Waals surface area contributed by atoms with Crippen molar-refractivity contribution in [2.45, 2.75) is 18.6 Å². The number of anilines is 1. The maximum Gasteiger partial charge on any atom is 0.433 e. The smallest absolute Gasteiger partial charge is 0.353 e. The normalized spacial score (nSPS) is 21.4. The molecule has 6 nitrogen and oxygen atoms in total. The summed E-state index contributed by atoms with van der Waals surface area (Å²) in [6.45, 7) is 0.720. The summed E-state index contributed by atoms with van der Waals surface area (Å²) in [5.41, 5.74) is -1.00. The second kappa shape index (κ2) is 6.14. The predicted molar refractivity (Wildman–Crippen MR) is 70.6 cm³/mol. The topological polar surface area (TPSA) is 84.0 Å². The standard InChI is InChI=1S/C11H15F3N4O2S/c12-11(13,14)9-1-3-16-10(18-9)17-5-4-15-8-2-6-21(19,20)7-8/h1,3,8,15H,2,4-7H2,(H,16,17,18)/t8-/m0/s1. The van der Waals surface area contributed by atoms with Crippen LogP contribution >= 0.6 is 0 Å². The summed E-state index contributed by atoms with van der Waals surface area (Å²) in [7, 11) is -2.94. The van der Waals surface area contributed by atoms with E-state index in [2.05, 4.69) is 20.6 Å². The Bertz CT molecular complexity index is 591. The minimum atomic E-state index is -4.50. The third-order valence-electron chi connectivity index (χ3n) is 3.02. The number of rotatable bonds is 5. The number of nitrogens with zero attached hydrogens (tertiary/aromatic N) is 2. The molecule has 0 spiro atoms. The molecule has 0 unspecified atom stereocenters. The number of alkyl halides is 3. The number of sulfone groups is 1. The maximum absolute atomic E-state index is 12.4. The molecule has 1 aromatic rings. The number of hydrogen-bond acceptors (Lipinski definition) is 6. The van der Waals surface area contributed by atoms with Crippen LogP contribution in [0.2, 0.25) is 0 Å². The van der Waals surface area contributed by atoms with Gasteiger partial charge in [0.25, 0.3) is 0 Å². The van der Waals surface area contributed by atoms with E-state index in [1.54, 1.807) is 0 Å². The molecule has 0 amide bonds. The van der Waals surface area contributed by atoms with Gasteiger partial charge in [0, 0.05) is 25.3 Å². The zero-order valence-corrected chi connectivity index (χ0v) is 11.8. The molecule has 0 bridgehead atoms. The van der Waals surface area contributed by atoms with Gasteiger partial charge >= 0.3 is 6.18 Å². The summed E-state index contributed by atoms with van der Waals surface area (Å²) in [6, 6.07) is 0.700. The third-order valence-corrected chi connectivity index (χ3v) is 4.79. The molecule has 0 radical (unpaired) electrons. The molecule has 1 aromatic heterocycles. The Hall–Kier alpha value is -1.42. The fourth-order valence-corrected chi connectivity index (χ4v) is 3.72. The van der Waals surface area contributed by atoms with Crippen molar-refractivity contribution in [1.29, 1.82) is 0 Å². The van der Waals surface area contributed by atoms with Crippen LogP contribution in [0.1, 0.15) is 12.1 Å². The van der Waals surface area contributed by atoms with Gasteiger partial charge in [-0.3, -0.25) is 0 Å². The Labute approximate surface area is 120 Å². The summed E-state index contributed by atoms with van der Waals surface area (Å²) in [5, 5.41) is 5.70. The lowest BCUT2D eigenvalue weighted by molar-refractivity contribution is -0.141. The van der Waals surface area contributed by atoms with Crippen LogP contribution in [0.5, 0.6) is 0 Å². The average molecular weight is 324 g/mol. The van der Waals surface area contributed by atoms with Crippen LogP contribution in [0.15, 0.2) is 12.3 Å². The molecule has 2 rings (SSSR count). The van der Waals surface area contributed by atoms with Crippen molar-refractivity contribution >= 4 is 15.8 Å². The van der Waals surface area contributed by atoms with Crippen molar-refractivity contribution in [2.75, 3.05) is 29.9 Å². The molecule has 0 saturated carbocycles. The van der Waals surface area contributed by atoms with E-state index in [0.29, 0.717) is 19.5 Å². The summed E-state index contributed by atoms with van der Waals surface area (Å²) >= 11 is 0. The van der Waals surface area contributed by atoms with E-state index in [4.69, 9.17) is 0 Å². The van der Waals surface area contributed by atoms with Gasteiger partial charge in [-0.1, -0.05) is 0 Å². The first-order valence-electron chi connectivity index (χ1n) is 6.34. The van der Waals surface area contributed by atoms with Gasteiger partial charge in [-0.15, -0.1) is 0 Å².